The molecule has 0 atom stereocenters. The Morgan fingerprint density at radius 3 is 2.71 bits per heavy atom. The number of halogens is 1. The molecule has 0 aliphatic heterocycles. The number of benzene rings is 2. The Balaban J connectivity index is 2.22. The second-order valence-corrected chi connectivity index (χ2v) is 4.49. The highest BCUT2D eigenvalue weighted by Gasteiger charge is 2.11. The fourth-order valence-corrected chi connectivity index (χ4v) is 1.98. The normalized spacial score (nSPS) is 10.2. The molecular formula is C16H17FN2O2. The molecule has 4 nitrogen and oxygen atoms in total. The Morgan fingerprint density at radius 2 is 2.00 bits per heavy atom. The largest absolute Gasteiger partial charge is 0.494 e. The van der Waals surface area contributed by atoms with Crippen LogP contribution in [0.4, 0.5) is 10.1 Å². The highest BCUT2D eigenvalue weighted by Crippen LogP contribution is 2.20. The van der Waals surface area contributed by atoms with Crippen LogP contribution in [0, 0.1) is 5.82 Å². The zero-order valence-electron chi connectivity index (χ0n) is 11.9. The van der Waals surface area contributed by atoms with Crippen LogP contribution >= 0.6 is 0 Å². The van der Waals surface area contributed by atoms with Crippen LogP contribution in [0.3, 0.4) is 0 Å². The maximum Gasteiger partial charge on any atom is 0.255 e. The van der Waals surface area contributed by atoms with Gasteiger partial charge in [-0.05, 0) is 36.9 Å². The van der Waals surface area contributed by atoms with E-state index in [4.69, 9.17) is 4.74 Å². The summed E-state index contributed by atoms with van der Waals surface area (Å²) >= 11 is 0. The summed E-state index contributed by atoms with van der Waals surface area (Å²) in [6.45, 7) is 0.642. The quantitative estimate of drug-likeness (QED) is 0.889. The molecule has 0 bridgehead atoms. The van der Waals surface area contributed by atoms with Crippen LogP contribution in [-0.4, -0.2) is 20.1 Å². The minimum Gasteiger partial charge on any atom is -0.494 e. The summed E-state index contributed by atoms with van der Waals surface area (Å²) in [7, 11) is 3.20. The van der Waals surface area contributed by atoms with E-state index < -0.39 is 5.82 Å². The monoisotopic (exact) mass is 288 g/mol. The standard InChI is InChI=1S/C16H17FN2O2/c1-18-10-12-5-3-4-6-14(12)19-16(20)11-7-8-13(17)15(9-11)21-2/h3-9,18H,10H2,1-2H3,(H,19,20). The van der Waals surface area contributed by atoms with Crippen LogP contribution in [0.5, 0.6) is 5.75 Å². The first kappa shape index (κ1) is 15.0. The Labute approximate surface area is 122 Å². The zero-order valence-corrected chi connectivity index (χ0v) is 11.9. The highest BCUT2D eigenvalue weighted by molar-refractivity contribution is 6.04. The maximum absolute atomic E-state index is 13.4. The summed E-state index contributed by atoms with van der Waals surface area (Å²) in [5, 5.41) is 5.87. The predicted octanol–water partition coefficient (Wildman–Crippen LogP) is 2.81. The molecule has 0 aromatic heterocycles. The highest BCUT2D eigenvalue weighted by atomic mass is 19.1. The molecule has 0 unspecified atom stereocenters. The predicted molar refractivity (Wildman–Crippen MR) is 80.1 cm³/mol. The van der Waals surface area contributed by atoms with Gasteiger partial charge in [0.15, 0.2) is 11.6 Å². The molecule has 0 saturated heterocycles. The van der Waals surface area contributed by atoms with E-state index in [-0.39, 0.29) is 11.7 Å². The lowest BCUT2D eigenvalue weighted by molar-refractivity contribution is 0.102. The molecule has 2 rings (SSSR count). The molecule has 2 N–H and O–H groups in total. The second kappa shape index (κ2) is 6.85. The number of carbonyl (C=O) groups is 1. The first-order valence-corrected chi connectivity index (χ1v) is 6.53. The third-order valence-corrected chi connectivity index (χ3v) is 3.05. The molecule has 5 heteroatoms. The molecule has 0 heterocycles. The van der Waals surface area contributed by atoms with Crippen molar-refractivity contribution in [3.8, 4) is 5.75 Å². The molecule has 0 radical (unpaired) electrons. The van der Waals surface area contributed by atoms with Gasteiger partial charge in [0.1, 0.15) is 0 Å². The second-order valence-electron chi connectivity index (χ2n) is 4.49. The van der Waals surface area contributed by atoms with Crippen molar-refractivity contribution in [2.75, 3.05) is 19.5 Å². The van der Waals surface area contributed by atoms with Crippen LogP contribution in [0.15, 0.2) is 42.5 Å². The van der Waals surface area contributed by atoms with E-state index in [1.807, 2.05) is 31.3 Å². The van der Waals surface area contributed by atoms with Crippen LogP contribution in [0.25, 0.3) is 0 Å². The van der Waals surface area contributed by atoms with Gasteiger partial charge < -0.3 is 15.4 Å². The maximum atomic E-state index is 13.4. The molecule has 2 aromatic carbocycles. The summed E-state index contributed by atoms with van der Waals surface area (Å²) in [6, 6.07) is 11.5. The number of hydrogen-bond donors (Lipinski definition) is 2. The topological polar surface area (TPSA) is 50.4 Å². The van der Waals surface area contributed by atoms with Crippen LogP contribution in [0.1, 0.15) is 15.9 Å². The van der Waals surface area contributed by atoms with Crippen molar-refractivity contribution in [2.24, 2.45) is 0 Å². The van der Waals surface area contributed by atoms with Crippen molar-refractivity contribution in [1.82, 2.24) is 5.32 Å². The number of amides is 1. The van der Waals surface area contributed by atoms with Crippen molar-refractivity contribution in [3.63, 3.8) is 0 Å². The first-order chi connectivity index (χ1) is 10.2. The first-order valence-electron chi connectivity index (χ1n) is 6.53. The summed E-state index contributed by atoms with van der Waals surface area (Å²) in [6.07, 6.45) is 0. The number of methoxy groups -OCH3 is 1. The lowest BCUT2D eigenvalue weighted by Gasteiger charge is -2.11. The molecule has 0 aliphatic rings. The number of para-hydroxylation sites is 1. The number of nitrogens with one attached hydrogen (secondary N) is 2. The lowest BCUT2D eigenvalue weighted by atomic mass is 10.1. The van der Waals surface area contributed by atoms with Crippen molar-refractivity contribution in [2.45, 2.75) is 6.54 Å². The fraction of sp³-hybridized carbons (Fsp3) is 0.188. The van der Waals surface area contributed by atoms with Gasteiger partial charge in [-0.2, -0.15) is 0 Å². The van der Waals surface area contributed by atoms with E-state index in [1.165, 1.54) is 25.3 Å². The third kappa shape index (κ3) is 3.58. The van der Waals surface area contributed by atoms with E-state index >= 15 is 0 Å². The Hall–Kier alpha value is -2.40. The molecule has 21 heavy (non-hydrogen) atoms. The van der Waals surface area contributed by atoms with Gasteiger partial charge >= 0.3 is 0 Å². The average molecular weight is 288 g/mol. The van der Waals surface area contributed by atoms with Crippen LogP contribution < -0.4 is 15.4 Å². The van der Waals surface area contributed by atoms with Gasteiger partial charge in [0.2, 0.25) is 0 Å². The number of rotatable bonds is 5. The summed E-state index contributed by atoms with van der Waals surface area (Å²) in [5.41, 5.74) is 2.04. The smallest absolute Gasteiger partial charge is 0.255 e. The third-order valence-electron chi connectivity index (χ3n) is 3.05. The van der Waals surface area contributed by atoms with Crippen molar-refractivity contribution < 1.29 is 13.9 Å². The SMILES string of the molecule is CNCc1ccccc1NC(=O)c1ccc(F)c(OC)c1. The van der Waals surface area contributed by atoms with Crippen LogP contribution in [0.2, 0.25) is 0 Å². The Morgan fingerprint density at radius 1 is 1.24 bits per heavy atom. The number of hydrogen-bond acceptors (Lipinski definition) is 3. The van der Waals surface area contributed by atoms with Gasteiger partial charge in [-0.3, -0.25) is 4.79 Å². The summed E-state index contributed by atoms with van der Waals surface area (Å²) < 4.78 is 18.2. The summed E-state index contributed by atoms with van der Waals surface area (Å²) in [4.78, 5) is 12.2. The van der Waals surface area contributed by atoms with Gasteiger partial charge in [0.05, 0.1) is 7.11 Å². The average Bonchev–Trinajstić information content (AvgIpc) is 2.50. The van der Waals surface area contributed by atoms with Crippen LogP contribution in [-0.2, 0) is 6.54 Å². The van der Waals surface area contributed by atoms with Crippen molar-refractivity contribution >= 4 is 11.6 Å². The molecule has 0 fully saturated rings. The van der Waals surface area contributed by atoms with Gasteiger partial charge in [0, 0.05) is 17.8 Å². The molecule has 2 aromatic rings. The minimum atomic E-state index is -0.496. The fourth-order valence-electron chi connectivity index (χ4n) is 1.98. The molecule has 1 amide bonds. The number of ether oxygens (including phenoxy) is 1. The van der Waals surface area contributed by atoms with Gasteiger partial charge in [-0.1, -0.05) is 18.2 Å². The van der Waals surface area contributed by atoms with Gasteiger partial charge in [-0.25, -0.2) is 4.39 Å². The van der Waals surface area contributed by atoms with E-state index in [1.54, 1.807) is 0 Å². The molecule has 110 valence electrons. The number of anilines is 1. The molecular weight excluding hydrogens is 271 g/mol. The molecule has 0 saturated carbocycles. The Kier molecular flexibility index (Phi) is 4.90. The van der Waals surface area contributed by atoms with E-state index in [9.17, 15) is 9.18 Å². The summed E-state index contributed by atoms with van der Waals surface area (Å²) in [5.74, 6) is -0.757. The number of carbonyl (C=O) groups excluding carboxylic acids is 1. The lowest BCUT2D eigenvalue weighted by Crippen LogP contribution is -2.15. The van der Waals surface area contributed by atoms with E-state index in [2.05, 4.69) is 10.6 Å². The van der Waals surface area contributed by atoms with Gasteiger partial charge in [-0.15, -0.1) is 0 Å². The van der Waals surface area contributed by atoms with Crippen molar-refractivity contribution in [1.29, 1.82) is 0 Å². The molecule has 0 aliphatic carbocycles. The minimum absolute atomic E-state index is 0.0474. The zero-order chi connectivity index (χ0) is 15.2. The van der Waals surface area contributed by atoms with Crippen molar-refractivity contribution in [3.05, 3.63) is 59.4 Å². The van der Waals surface area contributed by atoms with E-state index in [0.717, 1.165) is 11.3 Å². The van der Waals surface area contributed by atoms with E-state index in [0.29, 0.717) is 12.1 Å². The molecule has 0 spiro atoms. The Bertz CT molecular complexity index is 644. The van der Waals surface area contributed by atoms with Gasteiger partial charge in [0.25, 0.3) is 5.91 Å².